The van der Waals surface area contributed by atoms with Crippen molar-refractivity contribution in [3.8, 4) is 6.07 Å². The van der Waals surface area contributed by atoms with E-state index in [4.69, 9.17) is 5.26 Å². The summed E-state index contributed by atoms with van der Waals surface area (Å²) in [7, 11) is 0. The molecule has 1 aliphatic heterocycles. The summed E-state index contributed by atoms with van der Waals surface area (Å²) in [5, 5.41) is 8.76. The van der Waals surface area contributed by atoms with Crippen molar-refractivity contribution < 1.29 is 9.18 Å². The molecule has 0 aliphatic carbocycles. The first-order chi connectivity index (χ1) is 9.70. The van der Waals surface area contributed by atoms with Gasteiger partial charge in [-0.1, -0.05) is 18.2 Å². The van der Waals surface area contributed by atoms with Crippen molar-refractivity contribution in [3.05, 3.63) is 59.2 Å². The average molecular weight is 269 g/mol. The number of likely N-dealkylation sites (tertiary alicyclic amines) is 1. The van der Waals surface area contributed by atoms with Crippen LogP contribution >= 0.6 is 0 Å². The summed E-state index contributed by atoms with van der Waals surface area (Å²) in [4.78, 5) is 16.7. The van der Waals surface area contributed by atoms with Crippen molar-refractivity contribution in [1.82, 2.24) is 9.88 Å². The topological polar surface area (TPSA) is 59.9 Å². The molecule has 1 aliphatic rings. The second-order valence-corrected chi connectivity index (χ2v) is 4.74. The molecule has 20 heavy (non-hydrogen) atoms. The van der Waals surface area contributed by atoms with Gasteiger partial charge in [-0.3, -0.25) is 4.79 Å². The van der Waals surface area contributed by atoms with Gasteiger partial charge < -0.3 is 9.88 Å². The Hall–Kier alpha value is -2.61. The molecule has 3 rings (SSSR count). The quantitative estimate of drug-likeness (QED) is 0.911. The minimum Gasteiger partial charge on any atom is -0.356 e. The molecule has 1 aromatic heterocycles. The number of halogens is 1. The molecule has 0 radical (unpaired) electrons. The Bertz CT molecular complexity index is 701. The van der Waals surface area contributed by atoms with E-state index < -0.39 is 0 Å². The third-order valence-corrected chi connectivity index (χ3v) is 3.59. The van der Waals surface area contributed by atoms with Crippen LogP contribution in [0.3, 0.4) is 0 Å². The van der Waals surface area contributed by atoms with Crippen molar-refractivity contribution in [2.75, 3.05) is 6.54 Å². The Morgan fingerprint density at radius 2 is 2.25 bits per heavy atom. The van der Waals surface area contributed by atoms with Crippen LogP contribution in [-0.2, 0) is 0 Å². The van der Waals surface area contributed by atoms with Gasteiger partial charge in [-0.15, -0.1) is 0 Å². The number of aromatic nitrogens is 1. The number of amides is 1. The van der Waals surface area contributed by atoms with Gasteiger partial charge in [0, 0.05) is 18.3 Å². The maximum Gasteiger partial charge on any atom is 0.270 e. The second kappa shape index (κ2) is 4.82. The van der Waals surface area contributed by atoms with Gasteiger partial charge in [-0.05, 0) is 18.6 Å². The summed E-state index contributed by atoms with van der Waals surface area (Å²) in [6, 6.07) is 9.76. The highest BCUT2D eigenvalue weighted by Crippen LogP contribution is 2.35. The second-order valence-electron chi connectivity index (χ2n) is 4.74. The number of H-pyrrole nitrogens is 1. The van der Waals surface area contributed by atoms with Gasteiger partial charge in [0.2, 0.25) is 0 Å². The number of carbonyl (C=O) groups is 1. The zero-order valence-electron chi connectivity index (χ0n) is 10.6. The number of hydrogen-bond acceptors (Lipinski definition) is 2. The molecule has 1 atom stereocenters. The third-order valence-electron chi connectivity index (χ3n) is 3.59. The molecule has 1 saturated heterocycles. The van der Waals surface area contributed by atoms with E-state index in [-0.39, 0.29) is 17.8 Å². The lowest BCUT2D eigenvalue weighted by atomic mass is 9.94. The van der Waals surface area contributed by atoms with Gasteiger partial charge in [0.05, 0.1) is 11.6 Å². The maximum absolute atomic E-state index is 13.8. The van der Waals surface area contributed by atoms with Gasteiger partial charge in [0.15, 0.2) is 0 Å². The predicted molar refractivity (Wildman–Crippen MR) is 70.3 cm³/mol. The van der Waals surface area contributed by atoms with Crippen LogP contribution in [0.1, 0.15) is 34.1 Å². The van der Waals surface area contributed by atoms with Gasteiger partial charge in [0.1, 0.15) is 17.6 Å². The number of nitrogens with zero attached hydrogens (tertiary/aromatic N) is 2. The van der Waals surface area contributed by atoms with E-state index in [0.717, 1.165) is 6.42 Å². The Morgan fingerprint density at radius 3 is 2.85 bits per heavy atom. The van der Waals surface area contributed by atoms with E-state index in [0.29, 0.717) is 23.4 Å². The monoisotopic (exact) mass is 269 g/mol. The van der Waals surface area contributed by atoms with Crippen molar-refractivity contribution in [2.24, 2.45) is 0 Å². The van der Waals surface area contributed by atoms with Gasteiger partial charge in [-0.25, -0.2) is 4.39 Å². The maximum atomic E-state index is 13.8. The molecule has 0 spiro atoms. The molecule has 5 heteroatoms. The molecule has 1 fully saturated rings. The van der Waals surface area contributed by atoms with E-state index in [2.05, 4.69) is 4.98 Å². The molecule has 100 valence electrons. The smallest absolute Gasteiger partial charge is 0.270 e. The molecule has 0 bridgehead atoms. The molecular weight excluding hydrogens is 257 g/mol. The first-order valence-corrected chi connectivity index (χ1v) is 6.34. The van der Waals surface area contributed by atoms with E-state index in [9.17, 15) is 9.18 Å². The van der Waals surface area contributed by atoms with E-state index in [1.807, 2.05) is 6.07 Å². The average Bonchev–Trinajstić information content (AvgIpc) is 2.89. The van der Waals surface area contributed by atoms with Crippen LogP contribution in [0.5, 0.6) is 0 Å². The van der Waals surface area contributed by atoms with Crippen LogP contribution < -0.4 is 0 Å². The van der Waals surface area contributed by atoms with Crippen LogP contribution in [-0.4, -0.2) is 22.3 Å². The summed E-state index contributed by atoms with van der Waals surface area (Å²) in [6.45, 7) is 0.596. The van der Waals surface area contributed by atoms with Crippen LogP contribution in [0.25, 0.3) is 0 Å². The largest absolute Gasteiger partial charge is 0.356 e. The fourth-order valence-corrected chi connectivity index (χ4v) is 2.44. The minimum absolute atomic E-state index is 0.203. The van der Waals surface area contributed by atoms with Gasteiger partial charge >= 0.3 is 0 Å². The highest BCUT2D eigenvalue weighted by molar-refractivity contribution is 5.93. The van der Waals surface area contributed by atoms with Crippen LogP contribution in [0.2, 0.25) is 0 Å². The molecule has 4 nitrogen and oxygen atoms in total. The Kier molecular flexibility index (Phi) is 2.99. The highest BCUT2D eigenvalue weighted by Gasteiger charge is 2.35. The summed E-state index contributed by atoms with van der Waals surface area (Å²) in [5.74, 6) is -0.495. The Morgan fingerprint density at radius 1 is 1.45 bits per heavy atom. The van der Waals surface area contributed by atoms with Crippen LogP contribution in [0.4, 0.5) is 4.39 Å². The van der Waals surface area contributed by atoms with E-state index in [1.165, 1.54) is 18.3 Å². The van der Waals surface area contributed by atoms with Crippen molar-refractivity contribution in [1.29, 1.82) is 5.26 Å². The van der Waals surface area contributed by atoms with Gasteiger partial charge in [-0.2, -0.15) is 5.26 Å². The lowest BCUT2D eigenvalue weighted by Gasteiger charge is -2.41. The summed E-state index contributed by atoms with van der Waals surface area (Å²) >= 11 is 0. The van der Waals surface area contributed by atoms with Crippen LogP contribution in [0.15, 0.2) is 36.5 Å². The molecular formula is C15H12FN3O. The number of benzene rings is 1. The van der Waals surface area contributed by atoms with Crippen LogP contribution in [0, 0.1) is 17.1 Å². The molecule has 1 unspecified atom stereocenters. The third kappa shape index (κ3) is 1.95. The molecule has 2 aromatic rings. The number of aromatic amines is 1. The van der Waals surface area contributed by atoms with Gasteiger partial charge in [0.25, 0.3) is 5.91 Å². The number of nitrogens with one attached hydrogen (secondary N) is 1. The van der Waals surface area contributed by atoms with Crippen molar-refractivity contribution in [2.45, 2.75) is 12.5 Å². The highest BCUT2D eigenvalue weighted by atomic mass is 19.1. The fourth-order valence-electron chi connectivity index (χ4n) is 2.44. The zero-order valence-corrected chi connectivity index (χ0v) is 10.6. The number of carbonyl (C=O) groups excluding carboxylic acids is 1. The lowest BCUT2D eigenvalue weighted by molar-refractivity contribution is 0.0447. The first kappa shape index (κ1) is 12.4. The number of hydrogen-bond donors (Lipinski definition) is 1. The molecule has 0 saturated carbocycles. The summed E-state index contributed by atoms with van der Waals surface area (Å²) < 4.78 is 13.8. The molecule has 1 aromatic carbocycles. The normalized spacial score (nSPS) is 17.4. The first-order valence-electron chi connectivity index (χ1n) is 6.34. The number of nitriles is 1. The predicted octanol–water partition coefficient (Wildman–Crippen LogP) is 2.61. The standard InChI is InChI=1S/C15H12FN3O/c16-12-4-2-1-3-11(12)14-5-6-19(14)15(20)13-7-10(8-17)9-18-13/h1-4,7,9,14,18H,5-6H2. The zero-order chi connectivity index (χ0) is 14.1. The van der Waals surface area contributed by atoms with Crippen molar-refractivity contribution in [3.63, 3.8) is 0 Å². The Balaban J connectivity index is 1.83. The fraction of sp³-hybridized carbons (Fsp3) is 0.200. The van der Waals surface area contributed by atoms with Crippen molar-refractivity contribution >= 4 is 5.91 Å². The molecule has 1 amide bonds. The summed E-state index contributed by atoms with van der Waals surface area (Å²) in [5.41, 5.74) is 1.32. The number of rotatable bonds is 2. The Labute approximate surface area is 115 Å². The molecule has 1 N–H and O–H groups in total. The molecule has 2 heterocycles. The van der Waals surface area contributed by atoms with E-state index in [1.54, 1.807) is 23.1 Å². The minimum atomic E-state index is -0.292. The summed E-state index contributed by atoms with van der Waals surface area (Å²) in [6.07, 6.45) is 2.24. The van der Waals surface area contributed by atoms with E-state index >= 15 is 0 Å². The lowest BCUT2D eigenvalue weighted by Crippen LogP contribution is -2.45. The SMILES string of the molecule is N#Cc1c[nH]c(C(=O)N2CCC2c2ccccc2F)c1.